The van der Waals surface area contributed by atoms with Crippen molar-refractivity contribution in [3.63, 3.8) is 0 Å². The van der Waals surface area contributed by atoms with E-state index in [0.717, 1.165) is 35.5 Å². The minimum absolute atomic E-state index is 0.0509. The molecule has 4 bridgehead atoms. The molecule has 4 heteroatoms. The number of urea groups is 1. The van der Waals surface area contributed by atoms with E-state index < -0.39 is 0 Å². The highest BCUT2D eigenvalue weighted by Gasteiger charge is 2.50. The van der Waals surface area contributed by atoms with Crippen molar-refractivity contribution >= 4 is 34.3 Å². The molecule has 4 aliphatic carbocycles. The van der Waals surface area contributed by atoms with E-state index in [4.69, 9.17) is 0 Å². The van der Waals surface area contributed by atoms with Crippen LogP contribution in [0.25, 0.3) is 0 Å². The Morgan fingerprint density at radius 1 is 1.17 bits per heavy atom. The van der Waals surface area contributed by atoms with E-state index in [0.29, 0.717) is 5.41 Å². The van der Waals surface area contributed by atoms with Gasteiger partial charge in [0.15, 0.2) is 0 Å². The third-order valence-corrected chi connectivity index (χ3v) is 6.90. The molecule has 0 heterocycles. The molecule has 124 valence electrons. The maximum absolute atomic E-state index is 12.3. The molecule has 2 N–H and O–H groups in total. The topological polar surface area (TPSA) is 41.1 Å². The van der Waals surface area contributed by atoms with E-state index in [1.54, 1.807) is 0 Å². The Morgan fingerprint density at radius 2 is 1.78 bits per heavy atom. The van der Waals surface area contributed by atoms with Crippen LogP contribution in [0.15, 0.2) is 18.2 Å². The standard InChI is InChI=1S/C19H25IN2O/c1-12-4-16(20)2-3-17(12)22-18(23)21-11-19-8-13-5-14(9-19)7-15(6-13)10-19/h2-4,13-15H,5-11H2,1H3,(H2,21,22,23). The second-order valence-electron chi connectivity index (χ2n) is 8.18. The van der Waals surface area contributed by atoms with E-state index in [2.05, 4.69) is 39.3 Å². The van der Waals surface area contributed by atoms with Crippen molar-refractivity contribution in [3.05, 3.63) is 27.3 Å². The van der Waals surface area contributed by atoms with Crippen molar-refractivity contribution in [1.29, 1.82) is 0 Å². The highest BCUT2D eigenvalue weighted by atomic mass is 127. The van der Waals surface area contributed by atoms with E-state index in [9.17, 15) is 4.79 Å². The molecular formula is C19H25IN2O. The molecule has 0 atom stereocenters. The fourth-order valence-electron chi connectivity index (χ4n) is 5.71. The summed E-state index contributed by atoms with van der Waals surface area (Å²) in [6.45, 7) is 2.89. The Labute approximate surface area is 152 Å². The van der Waals surface area contributed by atoms with Gasteiger partial charge in [-0.15, -0.1) is 0 Å². The molecule has 0 aliphatic heterocycles. The van der Waals surface area contributed by atoms with Crippen molar-refractivity contribution in [3.8, 4) is 0 Å². The first-order valence-corrected chi connectivity index (χ1v) is 9.90. The van der Waals surface area contributed by atoms with Crippen LogP contribution in [-0.4, -0.2) is 12.6 Å². The average Bonchev–Trinajstić information content (AvgIpc) is 2.47. The number of rotatable bonds is 3. The highest BCUT2D eigenvalue weighted by Crippen LogP contribution is 2.59. The Hall–Kier alpha value is -0.780. The fourth-order valence-corrected chi connectivity index (χ4v) is 6.36. The van der Waals surface area contributed by atoms with Crippen LogP contribution in [0.4, 0.5) is 10.5 Å². The predicted molar refractivity (Wildman–Crippen MR) is 102 cm³/mol. The monoisotopic (exact) mass is 424 g/mol. The van der Waals surface area contributed by atoms with Gasteiger partial charge in [-0.25, -0.2) is 4.79 Å². The average molecular weight is 424 g/mol. The minimum atomic E-state index is -0.0509. The van der Waals surface area contributed by atoms with Crippen molar-refractivity contribution in [2.45, 2.75) is 45.4 Å². The van der Waals surface area contributed by atoms with Gasteiger partial charge in [-0.3, -0.25) is 0 Å². The lowest BCUT2D eigenvalue weighted by atomic mass is 9.49. The predicted octanol–water partition coefficient (Wildman–Crippen LogP) is 4.94. The first kappa shape index (κ1) is 15.7. The van der Waals surface area contributed by atoms with Crippen molar-refractivity contribution < 1.29 is 4.79 Å². The van der Waals surface area contributed by atoms with Crippen LogP contribution in [-0.2, 0) is 0 Å². The molecule has 4 saturated carbocycles. The SMILES string of the molecule is Cc1cc(I)ccc1NC(=O)NCC12CC3CC(CC(C3)C1)C2. The van der Waals surface area contributed by atoms with Crippen LogP contribution >= 0.6 is 22.6 Å². The number of anilines is 1. The van der Waals surface area contributed by atoms with Crippen LogP contribution in [0.1, 0.15) is 44.1 Å². The van der Waals surface area contributed by atoms with E-state index in [1.807, 2.05) is 19.1 Å². The molecule has 1 aromatic rings. The number of benzene rings is 1. The molecule has 23 heavy (non-hydrogen) atoms. The molecule has 2 amide bonds. The Bertz CT molecular complexity index is 593. The number of halogens is 1. The van der Waals surface area contributed by atoms with Crippen LogP contribution in [0.2, 0.25) is 0 Å². The first-order chi connectivity index (χ1) is 11.0. The third-order valence-electron chi connectivity index (χ3n) is 6.23. The number of carbonyl (C=O) groups excluding carboxylic acids is 1. The summed E-state index contributed by atoms with van der Waals surface area (Å²) in [4.78, 5) is 12.3. The Balaban J connectivity index is 1.36. The van der Waals surface area contributed by atoms with Crippen molar-refractivity contribution in [1.82, 2.24) is 5.32 Å². The van der Waals surface area contributed by atoms with Gasteiger partial charge in [-0.2, -0.15) is 0 Å². The molecule has 0 unspecified atom stereocenters. The number of carbonyl (C=O) groups is 1. The summed E-state index contributed by atoms with van der Waals surface area (Å²) in [7, 11) is 0. The van der Waals surface area contributed by atoms with Gasteiger partial charge in [0.25, 0.3) is 0 Å². The maximum Gasteiger partial charge on any atom is 0.319 e. The third kappa shape index (κ3) is 3.24. The van der Waals surface area contributed by atoms with Crippen LogP contribution < -0.4 is 10.6 Å². The second kappa shape index (κ2) is 5.94. The number of amides is 2. The van der Waals surface area contributed by atoms with Gasteiger partial charge in [0, 0.05) is 15.8 Å². The Kier molecular flexibility index (Phi) is 4.06. The molecule has 0 radical (unpaired) electrons. The molecule has 1 aromatic carbocycles. The lowest BCUT2D eigenvalue weighted by Gasteiger charge is -2.56. The normalized spacial score (nSPS) is 34.4. The van der Waals surface area contributed by atoms with Gasteiger partial charge >= 0.3 is 6.03 Å². The first-order valence-electron chi connectivity index (χ1n) is 8.82. The zero-order valence-electron chi connectivity index (χ0n) is 13.7. The van der Waals surface area contributed by atoms with Crippen LogP contribution in [0.3, 0.4) is 0 Å². The summed E-state index contributed by atoms with van der Waals surface area (Å²) >= 11 is 2.29. The molecule has 4 aliphatic rings. The second-order valence-corrected chi connectivity index (χ2v) is 9.43. The molecule has 5 rings (SSSR count). The van der Waals surface area contributed by atoms with E-state index >= 15 is 0 Å². The summed E-state index contributed by atoms with van der Waals surface area (Å²) < 4.78 is 1.19. The lowest BCUT2D eigenvalue weighted by Crippen LogP contribution is -2.51. The minimum Gasteiger partial charge on any atom is -0.337 e. The van der Waals surface area contributed by atoms with Crippen molar-refractivity contribution in [2.24, 2.45) is 23.2 Å². The zero-order chi connectivity index (χ0) is 16.0. The van der Waals surface area contributed by atoms with Gasteiger partial charge in [0.2, 0.25) is 0 Å². The number of nitrogens with one attached hydrogen (secondary N) is 2. The van der Waals surface area contributed by atoms with Crippen LogP contribution in [0, 0.1) is 33.7 Å². The molecule has 4 fully saturated rings. The highest BCUT2D eigenvalue weighted by molar-refractivity contribution is 14.1. The van der Waals surface area contributed by atoms with E-state index in [-0.39, 0.29) is 6.03 Å². The molecule has 0 saturated heterocycles. The van der Waals surface area contributed by atoms with Crippen LogP contribution in [0.5, 0.6) is 0 Å². The lowest BCUT2D eigenvalue weighted by molar-refractivity contribution is -0.0496. The summed E-state index contributed by atoms with van der Waals surface area (Å²) in [5.41, 5.74) is 2.42. The summed E-state index contributed by atoms with van der Waals surface area (Å²) in [6.07, 6.45) is 8.36. The van der Waals surface area contributed by atoms with Gasteiger partial charge in [0.05, 0.1) is 0 Å². The smallest absolute Gasteiger partial charge is 0.319 e. The Morgan fingerprint density at radius 3 is 2.35 bits per heavy atom. The zero-order valence-corrected chi connectivity index (χ0v) is 15.9. The molecule has 0 aromatic heterocycles. The fraction of sp³-hybridized carbons (Fsp3) is 0.632. The van der Waals surface area contributed by atoms with Gasteiger partial charge in [-0.05, 0) is 115 Å². The number of aryl methyl sites for hydroxylation is 1. The number of hydrogen-bond acceptors (Lipinski definition) is 1. The summed E-state index contributed by atoms with van der Waals surface area (Å²) in [5, 5.41) is 6.19. The van der Waals surface area contributed by atoms with Gasteiger partial charge in [0.1, 0.15) is 0 Å². The molecule has 0 spiro atoms. The van der Waals surface area contributed by atoms with Crippen molar-refractivity contribution in [2.75, 3.05) is 11.9 Å². The maximum atomic E-state index is 12.3. The quantitative estimate of drug-likeness (QED) is 0.664. The molecular weight excluding hydrogens is 399 g/mol. The van der Waals surface area contributed by atoms with E-state index in [1.165, 1.54) is 42.1 Å². The molecule has 3 nitrogen and oxygen atoms in total. The largest absolute Gasteiger partial charge is 0.337 e. The summed E-state index contributed by atoms with van der Waals surface area (Å²) in [6, 6.07) is 6.06. The van der Waals surface area contributed by atoms with Gasteiger partial charge < -0.3 is 10.6 Å². The summed E-state index contributed by atoms with van der Waals surface area (Å²) in [5.74, 6) is 2.80. The van der Waals surface area contributed by atoms with Gasteiger partial charge in [-0.1, -0.05) is 0 Å². The number of hydrogen-bond donors (Lipinski definition) is 2.